The van der Waals surface area contributed by atoms with Crippen LogP contribution in [0.2, 0.25) is 0 Å². The summed E-state index contributed by atoms with van der Waals surface area (Å²) in [6, 6.07) is 0.841. The van der Waals surface area contributed by atoms with Gasteiger partial charge in [0.15, 0.2) is 0 Å². The largest absolute Gasteiger partial charge is 0.480 e. The number of nitro groups is 1. The van der Waals surface area contributed by atoms with Crippen LogP contribution in [0.1, 0.15) is 11.3 Å². The van der Waals surface area contributed by atoms with E-state index in [2.05, 4.69) is 4.98 Å². The van der Waals surface area contributed by atoms with Crippen molar-refractivity contribution in [2.24, 2.45) is 5.73 Å². The zero-order chi connectivity index (χ0) is 15.0. The van der Waals surface area contributed by atoms with Crippen molar-refractivity contribution in [1.82, 2.24) is 4.98 Å². The molecule has 1 atom stereocenters. The van der Waals surface area contributed by atoms with E-state index in [1.165, 1.54) is 0 Å². The molecule has 4 N–H and O–H groups in total. The third-order valence-electron chi connectivity index (χ3n) is 3.14. The maximum atomic E-state index is 13.7. The van der Waals surface area contributed by atoms with E-state index in [9.17, 15) is 19.3 Å². The number of nitro benzene ring substituents is 1. The second kappa shape index (κ2) is 4.89. The lowest BCUT2D eigenvalue weighted by molar-refractivity contribution is -0.383. The van der Waals surface area contributed by atoms with E-state index in [0.29, 0.717) is 11.3 Å². The monoisotopic (exact) mass is 281 g/mol. The Morgan fingerprint density at radius 3 is 2.80 bits per heavy atom. The first-order valence-electron chi connectivity index (χ1n) is 5.75. The normalized spacial score (nSPS) is 12.6. The minimum atomic E-state index is -1.22. The SMILES string of the molecule is Cc1[nH]c2c(F)ccc([N+](=O)[O-])c2c1CC(N)C(=O)O. The molecular formula is C12H12FN3O4. The van der Waals surface area contributed by atoms with E-state index < -0.39 is 22.8 Å². The van der Waals surface area contributed by atoms with Gasteiger partial charge in [0.25, 0.3) is 5.69 Å². The van der Waals surface area contributed by atoms with Gasteiger partial charge in [0.2, 0.25) is 0 Å². The zero-order valence-electron chi connectivity index (χ0n) is 10.5. The van der Waals surface area contributed by atoms with E-state index in [-0.39, 0.29) is 23.0 Å². The lowest BCUT2D eigenvalue weighted by Crippen LogP contribution is -2.32. The van der Waals surface area contributed by atoms with Crippen LogP contribution in [0.25, 0.3) is 10.9 Å². The van der Waals surface area contributed by atoms with Crippen molar-refractivity contribution < 1.29 is 19.2 Å². The van der Waals surface area contributed by atoms with Crippen molar-refractivity contribution in [3.63, 3.8) is 0 Å². The summed E-state index contributed by atoms with van der Waals surface area (Å²) < 4.78 is 13.7. The Hall–Kier alpha value is -2.48. The summed E-state index contributed by atoms with van der Waals surface area (Å²) in [4.78, 5) is 23.9. The Morgan fingerprint density at radius 1 is 1.60 bits per heavy atom. The van der Waals surface area contributed by atoms with Gasteiger partial charge in [0, 0.05) is 18.2 Å². The topological polar surface area (TPSA) is 122 Å². The zero-order valence-corrected chi connectivity index (χ0v) is 10.5. The number of hydrogen-bond donors (Lipinski definition) is 3. The van der Waals surface area contributed by atoms with Crippen LogP contribution in [0, 0.1) is 22.9 Å². The number of carboxylic acid groups (broad SMARTS) is 1. The van der Waals surface area contributed by atoms with E-state index in [1.807, 2.05) is 0 Å². The summed E-state index contributed by atoms with van der Waals surface area (Å²) in [6.07, 6.45) is -0.120. The molecule has 106 valence electrons. The highest BCUT2D eigenvalue weighted by atomic mass is 19.1. The summed E-state index contributed by atoms with van der Waals surface area (Å²) in [5, 5.41) is 19.9. The standard InChI is InChI=1S/C12H12FN3O4/c1-5-6(4-8(14)12(17)18)10-9(16(19)20)3-2-7(13)11(10)15-5/h2-3,8,15H,4,14H2,1H3,(H,17,18). The van der Waals surface area contributed by atoms with Gasteiger partial charge in [-0.25, -0.2) is 4.39 Å². The molecule has 8 heteroatoms. The second-order valence-corrected chi connectivity index (χ2v) is 4.45. The summed E-state index contributed by atoms with van der Waals surface area (Å²) in [5.74, 6) is -1.86. The summed E-state index contributed by atoms with van der Waals surface area (Å²) >= 11 is 0. The number of benzene rings is 1. The Kier molecular flexibility index (Phi) is 3.41. The number of non-ortho nitro benzene ring substituents is 1. The third kappa shape index (κ3) is 2.21. The highest BCUT2D eigenvalue weighted by Gasteiger charge is 2.24. The van der Waals surface area contributed by atoms with Gasteiger partial charge in [-0.15, -0.1) is 0 Å². The molecule has 2 aromatic rings. The van der Waals surface area contributed by atoms with E-state index in [0.717, 1.165) is 12.1 Å². The van der Waals surface area contributed by atoms with Crippen molar-refractivity contribution in [3.05, 3.63) is 39.3 Å². The average Bonchev–Trinajstić information content (AvgIpc) is 2.68. The molecule has 0 spiro atoms. The number of H-pyrrole nitrogens is 1. The molecule has 1 aromatic heterocycles. The summed E-state index contributed by atoms with van der Waals surface area (Å²) in [5.41, 5.74) is 5.98. The molecule has 7 nitrogen and oxygen atoms in total. The molecule has 2 rings (SSSR count). The number of nitrogens with zero attached hydrogens (tertiary/aromatic N) is 1. The number of nitrogens with two attached hydrogens (primary N) is 1. The summed E-state index contributed by atoms with van der Waals surface area (Å²) in [7, 11) is 0. The van der Waals surface area contributed by atoms with Crippen LogP contribution < -0.4 is 5.73 Å². The number of aromatic amines is 1. The van der Waals surface area contributed by atoms with Crippen LogP contribution in [0.15, 0.2) is 12.1 Å². The minimum Gasteiger partial charge on any atom is -0.480 e. The number of aryl methyl sites for hydroxylation is 1. The molecule has 0 aliphatic heterocycles. The van der Waals surface area contributed by atoms with Crippen LogP contribution in [0.3, 0.4) is 0 Å². The molecule has 0 bridgehead atoms. The molecule has 1 unspecified atom stereocenters. The smallest absolute Gasteiger partial charge is 0.320 e. The van der Waals surface area contributed by atoms with Gasteiger partial charge in [-0.05, 0) is 18.6 Å². The first-order valence-corrected chi connectivity index (χ1v) is 5.75. The number of halogens is 1. The average molecular weight is 281 g/mol. The quantitative estimate of drug-likeness (QED) is 0.578. The van der Waals surface area contributed by atoms with Crippen LogP contribution in [-0.2, 0) is 11.2 Å². The molecule has 0 radical (unpaired) electrons. The molecular weight excluding hydrogens is 269 g/mol. The molecule has 0 amide bonds. The van der Waals surface area contributed by atoms with E-state index in [1.54, 1.807) is 6.92 Å². The number of carboxylic acids is 1. The fraction of sp³-hybridized carbons (Fsp3) is 0.250. The fourth-order valence-corrected chi connectivity index (χ4v) is 2.16. The first kappa shape index (κ1) is 13.9. The Morgan fingerprint density at radius 2 is 2.25 bits per heavy atom. The Bertz CT molecular complexity index is 710. The number of carbonyl (C=O) groups is 1. The van der Waals surface area contributed by atoms with Crippen molar-refractivity contribution in [2.75, 3.05) is 0 Å². The molecule has 1 aromatic carbocycles. The molecule has 0 fully saturated rings. The maximum Gasteiger partial charge on any atom is 0.320 e. The van der Waals surface area contributed by atoms with Crippen LogP contribution in [0.4, 0.5) is 10.1 Å². The highest BCUT2D eigenvalue weighted by molar-refractivity contribution is 5.94. The second-order valence-electron chi connectivity index (χ2n) is 4.45. The van der Waals surface area contributed by atoms with Crippen molar-refractivity contribution in [1.29, 1.82) is 0 Å². The Balaban J connectivity index is 2.70. The van der Waals surface area contributed by atoms with Gasteiger partial charge in [-0.1, -0.05) is 0 Å². The van der Waals surface area contributed by atoms with Gasteiger partial charge in [-0.3, -0.25) is 14.9 Å². The van der Waals surface area contributed by atoms with E-state index in [4.69, 9.17) is 10.8 Å². The number of fused-ring (bicyclic) bond motifs is 1. The van der Waals surface area contributed by atoms with Gasteiger partial charge >= 0.3 is 5.97 Å². The maximum absolute atomic E-state index is 13.7. The number of nitrogens with one attached hydrogen (secondary N) is 1. The first-order chi connectivity index (χ1) is 9.32. The van der Waals surface area contributed by atoms with E-state index >= 15 is 0 Å². The molecule has 20 heavy (non-hydrogen) atoms. The number of aliphatic carboxylic acids is 1. The minimum absolute atomic E-state index is 0.00992. The number of rotatable bonds is 4. The molecule has 1 heterocycles. The summed E-state index contributed by atoms with van der Waals surface area (Å²) in [6.45, 7) is 1.59. The van der Waals surface area contributed by atoms with Crippen LogP contribution >= 0.6 is 0 Å². The number of aromatic nitrogens is 1. The third-order valence-corrected chi connectivity index (χ3v) is 3.14. The highest BCUT2D eigenvalue weighted by Crippen LogP contribution is 2.33. The molecule has 0 saturated carbocycles. The lowest BCUT2D eigenvalue weighted by Gasteiger charge is -2.06. The van der Waals surface area contributed by atoms with Gasteiger partial charge in [-0.2, -0.15) is 0 Å². The van der Waals surface area contributed by atoms with Crippen molar-refractivity contribution in [2.45, 2.75) is 19.4 Å². The van der Waals surface area contributed by atoms with Crippen LogP contribution in [0.5, 0.6) is 0 Å². The predicted octanol–water partition coefficient (Wildman–Crippen LogP) is 1.48. The molecule has 0 saturated heterocycles. The predicted molar refractivity (Wildman–Crippen MR) is 69.0 cm³/mol. The Labute approximate surface area is 112 Å². The van der Waals surface area contributed by atoms with Gasteiger partial charge in [0.05, 0.1) is 15.8 Å². The van der Waals surface area contributed by atoms with Gasteiger partial charge in [0.1, 0.15) is 11.9 Å². The molecule has 0 aliphatic rings. The molecule has 0 aliphatic carbocycles. The van der Waals surface area contributed by atoms with Crippen molar-refractivity contribution >= 4 is 22.6 Å². The fourth-order valence-electron chi connectivity index (χ4n) is 2.16. The van der Waals surface area contributed by atoms with Gasteiger partial charge < -0.3 is 15.8 Å². The number of hydrogen-bond acceptors (Lipinski definition) is 4. The van der Waals surface area contributed by atoms with Crippen LogP contribution in [-0.4, -0.2) is 27.0 Å². The lowest BCUT2D eigenvalue weighted by atomic mass is 10.0. The van der Waals surface area contributed by atoms with Crippen molar-refractivity contribution in [3.8, 4) is 0 Å².